The molecule has 2 aromatic carbocycles. The second kappa shape index (κ2) is 13.7. The summed E-state index contributed by atoms with van der Waals surface area (Å²) in [6, 6.07) is 11.2. The van der Waals surface area contributed by atoms with Crippen LogP contribution in [0.15, 0.2) is 47.4 Å². The number of benzene rings is 2. The van der Waals surface area contributed by atoms with Gasteiger partial charge in [0, 0.05) is 50.4 Å². The normalized spacial score (nSPS) is 13.8. The number of carboxylic acids is 1. The Kier molecular flexibility index (Phi) is 11.2. The zero-order valence-electron chi connectivity index (χ0n) is 20.9. The number of unbranched alkanes of at least 4 members (excludes halogenated alkanes) is 1. The lowest BCUT2D eigenvalue weighted by molar-refractivity contribution is -0.192. The molecule has 0 spiro atoms. The van der Waals surface area contributed by atoms with Crippen molar-refractivity contribution in [3.05, 3.63) is 53.1 Å². The standard InChI is InChI=1S/C22H29ClN4O3S.C2HF3O2/c1-3-4-13-26(2)22(28)17-5-10-21(27-14-11-24-12-15-27)20(16-17)25-31(29,30)19-8-6-18(23)7-9-19;3-2(4,5)1(6)7/h5-10,16,24-25H,3-4,11-15H2,1-2H3;(H,6,7). The Labute approximate surface area is 224 Å². The average Bonchev–Trinajstić information content (AvgIpc) is 2.87. The second-order valence-corrected chi connectivity index (χ2v) is 10.5. The molecule has 14 heteroatoms. The van der Waals surface area contributed by atoms with Crippen LogP contribution in [0, 0.1) is 0 Å². The summed E-state index contributed by atoms with van der Waals surface area (Å²) in [4.78, 5) is 25.7. The molecule has 0 atom stereocenters. The van der Waals surface area contributed by atoms with E-state index in [4.69, 9.17) is 21.5 Å². The molecule has 1 aliphatic heterocycles. The van der Waals surface area contributed by atoms with Gasteiger partial charge < -0.3 is 20.2 Å². The van der Waals surface area contributed by atoms with Gasteiger partial charge in [0.1, 0.15) is 0 Å². The van der Waals surface area contributed by atoms with Crippen LogP contribution in [0.25, 0.3) is 0 Å². The molecule has 0 saturated carbocycles. The molecule has 1 amide bonds. The van der Waals surface area contributed by atoms with Gasteiger partial charge in [0.2, 0.25) is 0 Å². The number of nitrogens with zero attached hydrogens (tertiary/aromatic N) is 2. The molecule has 3 rings (SSSR count). The summed E-state index contributed by atoms with van der Waals surface area (Å²) in [6.07, 6.45) is -3.18. The molecule has 1 aliphatic rings. The number of piperazine rings is 1. The number of anilines is 2. The van der Waals surface area contributed by atoms with E-state index in [-0.39, 0.29) is 10.8 Å². The number of halogens is 4. The van der Waals surface area contributed by atoms with Crippen LogP contribution in [0.3, 0.4) is 0 Å². The van der Waals surface area contributed by atoms with Gasteiger partial charge >= 0.3 is 12.1 Å². The lowest BCUT2D eigenvalue weighted by atomic mass is 10.1. The number of nitrogens with one attached hydrogen (secondary N) is 2. The number of sulfonamides is 1. The summed E-state index contributed by atoms with van der Waals surface area (Å²) in [6.45, 7) is 5.84. The number of carboxylic acid groups (broad SMARTS) is 1. The van der Waals surface area contributed by atoms with Gasteiger partial charge in [-0.05, 0) is 48.9 Å². The predicted octanol–water partition coefficient (Wildman–Crippen LogP) is 4.06. The Morgan fingerprint density at radius 2 is 1.71 bits per heavy atom. The molecule has 2 aromatic rings. The second-order valence-electron chi connectivity index (χ2n) is 8.41. The number of carbonyl (C=O) groups excluding carboxylic acids is 1. The Balaban J connectivity index is 0.000000638. The van der Waals surface area contributed by atoms with Crippen LogP contribution >= 0.6 is 11.6 Å². The van der Waals surface area contributed by atoms with Crippen molar-refractivity contribution in [1.82, 2.24) is 10.2 Å². The summed E-state index contributed by atoms with van der Waals surface area (Å²) in [5.74, 6) is -2.89. The zero-order valence-corrected chi connectivity index (χ0v) is 22.5. The van der Waals surface area contributed by atoms with Crippen LogP contribution in [0.5, 0.6) is 0 Å². The molecular weight excluding hydrogens is 549 g/mol. The van der Waals surface area contributed by atoms with Gasteiger partial charge in [0.25, 0.3) is 15.9 Å². The minimum atomic E-state index is -5.08. The quantitative estimate of drug-likeness (QED) is 0.432. The fourth-order valence-electron chi connectivity index (χ4n) is 3.47. The monoisotopic (exact) mass is 578 g/mol. The molecule has 1 saturated heterocycles. The van der Waals surface area contributed by atoms with Crippen LogP contribution in [0.4, 0.5) is 24.5 Å². The summed E-state index contributed by atoms with van der Waals surface area (Å²) >= 11 is 5.90. The van der Waals surface area contributed by atoms with Crippen molar-refractivity contribution >= 4 is 44.9 Å². The summed E-state index contributed by atoms with van der Waals surface area (Å²) in [5.41, 5.74) is 1.60. The number of aliphatic carboxylic acids is 1. The van der Waals surface area contributed by atoms with Crippen molar-refractivity contribution in [3.8, 4) is 0 Å². The zero-order chi connectivity index (χ0) is 28.5. The molecule has 210 valence electrons. The van der Waals surface area contributed by atoms with Crippen LogP contribution in [-0.2, 0) is 14.8 Å². The number of alkyl halides is 3. The van der Waals surface area contributed by atoms with Crippen molar-refractivity contribution < 1.29 is 36.3 Å². The highest BCUT2D eigenvalue weighted by molar-refractivity contribution is 7.92. The topological polar surface area (TPSA) is 119 Å². The predicted molar refractivity (Wildman–Crippen MR) is 139 cm³/mol. The minimum absolute atomic E-state index is 0.111. The van der Waals surface area contributed by atoms with E-state index in [0.29, 0.717) is 22.8 Å². The molecule has 1 fully saturated rings. The van der Waals surface area contributed by atoms with E-state index in [1.165, 1.54) is 24.3 Å². The van der Waals surface area contributed by atoms with Crippen molar-refractivity contribution in [2.75, 3.05) is 49.4 Å². The number of hydrogen-bond donors (Lipinski definition) is 3. The highest BCUT2D eigenvalue weighted by Crippen LogP contribution is 2.30. The van der Waals surface area contributed by atoms with E-state index in [2.05, 4.69) is 21.9 Å². The van der Waals surface area contributed by atoms with Crippen molar-refractivity contribution in [3.63, 3.8) is 0 Å². The smallest absolute Gasteiger partial charge is 0.475 e. The first kappa shape index (κ1) is 31.2. The largest absolute Gasteiger partial charge is 0.490 e. The summed E-state index contributed by atoms with van der Waals surface area (Å²) < 4.78 is 60.5. The van der Waals surface area contributed by atoms with Crippen molar-refractivity contribution in [1.29, 1.82) is 0 Å². The van der Waals surface area contributed by atoms with Gasteiger partial charge in [-0.2, -0.15) is 13.2 Å². The number of amides is 1. The molecule has 1 heterocycles. The maximum atomic E-state index is 13.0. The van der Waals surface area contributed by atoms with E-state index in [9.17, 15) is 26.4 Å². The SMILES string of the molecule is CCCCN(C)C(=O)c1ccc(N2CCNCC2)c(NS(=O)(=O)c2ccc(Cl)cc2)c1.O=C(O)C(F)(F)F. The van der Waals surface area contributed by atoms with Gasteiger partial charge in [-0.25, -0.2) is 13.2 Å². The van der Waals surface area contributed by atoms with Gasteiger partial charge in [0.15, 0.2) is 0 Å². The highest BCUT2D eigenvalue weighted by atomic mass is 35.5. The lowest BCUT2D eigenvalue weighted by Gasteiger charge is -2.31. The molecule has 0 aromatic heterocycles. The molecule has 0 bridgehead atoms. The number of carbonyl (C=O) groups is 2. The van der Waals surface area contributed by atoms with E-state index < -0.39 is 22.2 Å². The Morgan fingerprint density at radius 1 is 1.13 bits per heavy atom. The lowest BCUT2D eigenvalue weighted by Crippen LogP contribution is -2.43. The van der Waals surface area contributed by atoms with Gasteiger partial charge in [0.05, 0.1) is 16.3 Å². The Hall–Kier alpha value is -3.03. The molecular formula is C24H30ClF3N4O5S. The third-order valence-corrected chi connectivity index (χ3v) is 7.14. The maximum absolute atomic E-state index is 13.0. The highest BCUT2D eigenvalue weighted by Gasteiger charge is 2.38. The summed E-state index contributed by atoms with van der Waals surface area (Å²) in [5, 5.41) is 10.9. The Bertz CT molecular complexity index is 1200. The van der Waals surface area contributed by atoms with Gasteiger partial charge in [-0.15, -0.1) is 0 Å². The van der Waals surface area contributed by atoms with Gasteiger partial charge in [-0.1, -0.05) is 24.9 Å². The first-order valence-electron chi connectivity index (χ1n) is 11.7. The molecule has 3 N–H and O–H groups in total. The first-order chi connectivity index (χ1) is 17.8. The molecule has 38 heavy (non-hydrogen) atoms. The van der Waals surface area contributed by atoms with Crippen molar-refractivity contribution in [2.24, 2.45) is 0 Å². The van der Waals surface area contributed by atoms with E-state index in [1.807, 2.05) is 6.07 Å². The number of hydrogen-bond acceptors (Lipinski definition) is 6. The fourth-order valence-corrected chi connectivity index (χ4v) is 4.66. The van der Waals surface area contributed by atoms with Crippen LogP contribution < -0.4 is 14.9 Å². The van der Waals surface area contributed by atoms with Gasteiger partial charge in [-0.3, -0.25) is 9.52 Å². The third kappa shape index (κ3) is 9.07. The Morgan fingerprint density at radius 3 is 2.24 bits per heavy atom. The van der Waals surface area contributed by atoms with E-state index in [0.717, 1.165) is 44.7 Å². The third-order valence-electron chi connectivity index (χ3n) is 5.51. The van der Waals surface area contributed by atoms with E-state index in [1.54, 1.807) is 24.1 Å². The van der Waals surface area contributed by atoms with Crippen molar-refractivity contribution in [2.45, 2.75) is 30.8 Å². The maximum Gasteiger partial charge on any atom is 0.490 e. The van der Waals surface area contributed by atoms with E-state index >= 15 is 0 Å². The summed E-state index contributed by atoms with van der Waals surface area (Å²) in [7, 11) is -2.08. The molecule has 0 radical (unpaired) electrons. The average molecular weight is 579 g/mol. The van der Waals surface area contributed by atoms with Crippen LogP contribution in [0.1, 0.15) is 30.1 Å². The molecule has 0 unspecified atom stereocenters. The first-order valence-corrected chi connectivity index (χ1v) is 13.6. The molecule has 9 nitrogen and oxygen atoms in total. The fraction of sp³-hybridized carbons (Fsp3) is 0.417. The minimum Gasteiger partial charge on any atom is -0.475 e. The number of rotatable bonds is 8. The van der Waals surface area contributed by atoms with Crippen LogP contribution in [0.2, 0.25) is 5.02 Å². The van der Waals surface area contributed by atoms with Crippen LogP contribution in [-0.4, -0.2) is 76.2 Å². The molecule has 0 aliphatic carbocycles.